The minimum atomic E-state index is -1.14. The number of amides is 3. The molecule has 40 heavy (non-hydrogen) atoms. The van der Waals surface area contributed by atoms with Crippen molar-refractivity contribution in [3.63, 3.8) is 0 Å². The van der Waals surface area contributed by atoms with Gasteiger partial charge in [0, 0.05) is 17.5 Å². The number of carbonyl (C=O) groups excluding carboxylic acids is 4. The molecule has 0 unspecified atom stereocenters. The van der Waals surface area contributed by atoms with Gasteiger partial charge in [0.1, 0.15) is 6.04 Å². The first-order chi connectivity index (χ1) is 19.4. The number of nitrogens with one attached hydrogen (secondary N) is 1. The minimum absolute atomic E-state index is 0.246. The molecule has 4 aliphatic rings. The highest BCUT2D eigenvalue weighted by atomic mass is 16.5. The predicted octanol–water partition coefficient (Wildman–Crippen LogP) is 4.57. The van der Waals surface area contributed by atoms with Crippen LogP contribution in [-0.2, 0) is 36.8 Å². The quantitative estimate of drug-likeness (QED) is 0.353. The van der Waals surface area contributed by atoms with Crippen molar-refractivity contribution in [2.45, 2.75) is 51.5 Å². The largest absolute Gasteiger partial charge is 0.454 e. The first-order valence-corrected chi connectivity index (χ1v) is 14.0. The van der Waals surface area contributed by atoms with Crippen LogP contribution in [0.3, 0.4) is 0 Å². The third kappa shape index (κ3) is 3.86. The van der Waals surface area contributed by atoms with Crippen LogP contribution in [0.25, 0.3) is 0 Å². The number of rotatable bonds is 7. The molecule has 1 N–H and O–H groups in total. The van der Waals surface area contributed by atoms with Crippen molar-refractivity contribution in [3.05, 3.63) is 100 Å². The van der Waals surface area contributed by atoms with E-state index >= 15 is 0 Å². The highest BCUT2D eigenvalue weighted by molar-refractivity contribution is 6.10. The molecule has 1 fully saturated rings. The zero-order valence-corrected chi connectivity index (χ0v) is 22.8. The number of anilines is 1. The van der Waals surface area contributed by atoms with E-state index in [9.17, 15) is 19.2 Å². The van der Waals surface area contributed by atoms with E-state index in [1.165, 1.54) is 6.92 Å². The normalized spacial score (nSPS) is 22.8. The SMILES string of the molecule is CCc1cccc(CC)c1NC(=O)COC(=O)[C@H](C)N1C(=O)[C@@H]2C3c4ccccc4C(c4ccccc43)[C@H]2C1=O. The molecule has 204 valence electrons. The van der Waals surface area contributed by atoms with E-state index in [1.807, 2.05) is 80.6 Å². The fourth-order valence-electron chi connectivity index (χ4n) is 7.02. The van der Waals surface area contributed by atoms with Crippen LogP contribution < -0.4 is 5.32 Å². The van der Waals surface area contributed by atoms with Gasteiger partial charge in [0.15, 0.2) is 6.61 Å². The van der Waals surface area contributed by atoms with E-state index in [1.54, 1.807) is 0 Å². The number of imide groups is 1. The molecule has 7 heteroatoms. The van der Waals surface area contributed by atoms with Crippen LogP contribution in [0.5, 0.6) is 0 Å². The smallest absolute Gasteiger partial charge is 0.329 e. The Hall–Kier alpha value is -4.26. The Bertz CT molecular complexity index is 1410. The summed E-state index contributed by atoms with van der Waals surface area (Å²) in [6, 6.07) is 20.7. The second-order valence-corrected chi connectivity index (χ2v) is 10.8. The summed E-state index contributed by atoms with van der Waals surface area (Å²) in [5, 5.41) is 2.88. The van der Waals surface area contributed by atoms with E-state index in [4.69, 9.17) is 4.74 Å². The molecule has 3 atom stereocenters. The van der Waals surface area contributed by atoms with Crippen LogP contribution >= 0.6 is 0 Å². The fourth-order valence-corrected chi connectivity index (χ4v) is 7.02. The predicted molar refractivity (Wildman–Crippen MR) is 150 cm³/mol. The summed E-state index contributed by atoms with van der Waals surface area (Å²) in [4.78, 5) is 54.6. The number of likely N-dealkylation sites (tertiary alicyclic amines) is 1. The third-order valence-electron chi connectivity index (χ3n) is 8.82. The van der Waals surface area contributed by atoms with E-state index in [-0.39, 0.29) is 23.7 Å². The minimum Gasteiger partial charge on any atom is -0.454 e. The molecule has 3 aromatic carbocycles. The maximum atomic E-state index is 13.8. The molecule has 3 aliphatic carbocycles. The van der Waals surface area contributed by atoms with Gasteiger partial charge in [-0.3, -0.25) is 19.3 Å². The number of hydrogen-bond acceptors (Lipinski definition) is 5. The lowest BCUT2D eigenvalue weighted by atomic mass is 9.55. The summed E-state index contributed by atoms with van der Waals surface area (Å²) in [5.41, 5.74) is 7.02. The van der Waals surface area contributed by atoms with Gasteiger partial charge in [0.2, 0.25) is 11.8 Å². The van der Waals surface area contributed by atoms with Crippen LogP contribution in [0.2, 0.25) is 0 Å². The van der Waals surface area contributed by atoms with Gasteiger partial charge in [-0.05, 0) is 53.1 Å². The number of nitrogens with zero attached hydrogens (tertiary/aromatic N) is 1. The van der Waals surface area contributed by atoms with Gasteiger partial charge in [0.05, 0.1) is 11.8 Å². The topological polar surface area (TPSA) is 92.8 Å². The maximum absolute atomic E-state index is 13.8. The molecule has 0 spiro atoms. The van der Waals surface area contributed by atoms with Gasteiger partial charge in [-0.25, -0.2) is 4.79 Å². The van der Waals surface area contributed by atoms with Gasteiger partial charge < -0.3 is 10.1 Å². The van der Waals surface area contributed by atoms with E-state index < -0.39 is 36.4 Å². The van der Waals surface area contributed by atoms with Gasteiger partial charge in [-0.2, -0.15) is 0 Å². The zero-order valence-electron chi connectivity index (χ0n) is 22.8. The second-order valence-electron chi connectivity index (χ2n) is 10.8. The van der Waals surface area contributed by atoms with Gasteiger partial charge in [-0.15, -0.1) is 0 Å². The van der Waals surface area contributed by atoms with E-state index in [2.05, 4.69) is 5.32 Å². The standard InChI is InChI=1S/C33H32N2O5/c1-4-19-11-10-12-20(5-2)30(19)34-25(36)17-40-33(39)18(3)35-31(37)28-26-21-13-6-7-14-22(21)27(29(28)32(35)38)24-16-9-8-15-23(24)26/h6-16,18,26-29H,4-5,17H2,1-3H3,(H,34,36)/t18-,26?,27?,28+,29+/m0/s1. The van der Waals surface area contributed by atoms with Crippen LogP contribution in [0.15, 0.2) is 66.7 Å². The fraction of sp³-hybridized carbons (Fsp3) is 0.333. The number of carbonyl (C=O) groups is 4. The molecule has 2 bridgehead atoms. The lowest BCUT2D eigenvalue weighted by molar-refractivity contribution is -0.159. The molecule has 3 aromatic rings. The van der Waals surface area contributed by atoms with Gasteiger partial charge in [-0.1, -0.05) is 80.6 Å². The summed E-state index contributed by atoms with van der Waals surface area (Å²) in [6.45, 7) is 5.01. The Balaban J connectivity index is 1.20. The summed E-state index contributed by atoms with van der Waals surface area (Å²) in [5.74, 6) is -3.59. The van der Waals surface area contributed by atoms with Crippen LogP contribution in [0.4, 0.5) is 5.69 Å². The summed E-state index contributed by atoms with van der Waals surface area (Å²) in [7, 11) is 0. The van der Waals surface area contributed by atoms with Crippen LogP contribution in [-0.4, -0.2) is 41.2 Å². The number of benzene rings is 3. The number of esters is 1. The first-order valence-electron chi connectivity index (χ1n) is 14.0. The Morgan fingerprint density at radius 1 is 0.775 bits per heavy atom. The van der Waals surface area contributed by atoms with E-state index in [0.717, 1.165) is 56.8 Å². The highest BCUT2D eigenvalue weighted by Crippen LogP contribution is 2.61. The molecular formula is C33H32N2O5. The molecule has 0 radical (unpaired) electrons. The molecule has 0 saturated carbocycles. The molecule has 1 aliphatic heterocycles. The molecular weight excluding hydrogens is 504 g/mol. The summed E-state index contributed by atoms with van der Waals surface area (Å²) >= 11 is 0. The zero-order chi connectivity index (χ0) is 28.1. The van der Waals surface area contributed by atoms with Gasteiger partial charge >= 0.3 is 5.97 Å². The summed E-state index contributed by atoms with van der Waals surface area (Å²) < 4.78 is 5.34. The van der Waals surface area contributed by atoms with Crippen LogP contribution in [0.1, 0.15) is 66.0 Å². The Kier molecular flexibility index (Phi) is 6.53. The van der Waals surface area contributed by atoms with Crippen molar-refractivity contribution in [1.29, 1.82) is 0 Å². The van der Waals surface area contributed by atoms with Crippen molar-refractivity contribution < 1.29 is 23.9 Å². The highest BCUT2D eigenvalue weighted by Gasteiger charge is 2.62. The number of ether oxygens (including phenoxy) is 1. The van der Waals surface area contributed by atoms with Crippen molar-refractivity contribution in [2.24, 2.45) is 11.8 Å². The number of hydrogen-bond donors (Lipinski definition) is 1. The average molecular weight is 537 g/mol. The van der Waals surface area contributed by atoms with Crippen molar-refractivity contribution in [2.75, 3.05) is 11.9 Å². The molecule has 7 rings (SSSR count). The molecule has 0 aromatic heterocycles. The number of aryl methyl sites for hydroxylation is 2. The van der Waals surface area contributed by atoms with Crippen LogP contribution in [0, 0.1) is 11.8 Å². The van der Waals surface area contributed by atoms with Gasteiger partial charge in [0.25, 0.3) is 5.91 Å². The maximum Gasteiger partial charge on any atom is 0.329 e. The average Bonchev–Trinajstić information content (AvgIpc) is 3.25. The van der Waals surface area contributed by atoms with E-state index in [0.29, 0.717) is 0 Å². The lowest BCUT2D eigenvalue weighted by Gasteiger charge is -2.45. The Morgan fingerprint density at radius 2 is 1.23 bits per heavy atom. The molecule has 1 heterocycles. The van der Waals surface area contributed by atoms with Crippen molar-refractivity contribution in [1.82, 2.24) is 4.90 Å². The Labute approximate surface area is 233 Å². The Morgan fingerprint density at radius 3 is 1.65 bits per heavy atom. The molecule has 3 amide bonds. The third-order valence-corrected chi connectivity index (χ3v) is 8.82. The lowest BCUT2D eigenvalue weighted by Crippen LogP contribution is -2.45. The molecule has 7 nitrogen and oxygen atoms in total. The van der Waals surface area contributed by atoms with Crippen molar-refractivity contribution >= 4 is 29.4 Å². The monoisotopic (exact) mass is 536 g/mol. The summed E-state index contributed by atoms with van der Waals surface area (Å²) in [6.07, 6.45) is 1.50. The number of para-hydroxylation sites is 1. The first kappa shape index (κ1) is 26.0. The second kappa shape index (κ2) is 10.0. The molecule has 1 saturated heterocycles. The van der Waals surface area contributed by atoms with Crippen molar-refractivity contribution in [3.8, 4) is 0 Å².